The zero-order chi connectivity index (χ0) is 24.2. The van der Waals surface area contributed by atoms with Gasteiger partial charge < -0.3 is 10.1 Å². The minimum Gasteiger partial charge on any atom is -0.495 e. The number of thiazole rings is 1. The summed E-state index contributed by atoms with van der Waals surface area (Å²) < 4.78 is 6.61. The number of carbonyl (C=O) groups excluding carboxylic acids is 1. The van der Waals surface area contributed by atoms with E-state index in [9.17, 15) is 4.79 Å². The summed E-state index contributed by atoms with van der Waals surface area (Å²) in [6.45, 7) is 0. The molecule has 5 aromatic rings. The molecule has 0 spiro atoms. The number of benzene rings is 4. The van der Waals surface area contributed by atoms with Gasteiger partial charge in [0, 0.05) is 11.1 Å². The van der Waals surface area contributed by atoms with Gasteiger partial charge in [0.2, 0.25) is 0 Å². The largest absolute Gasteiger partial charge is 0.495 e. The summed E-state index contributed by atoms with van der Waals surface area (Å²) in [5, 5.41) is 6.92. The van der Waals surface area contributed by atoms with Crippen LogP contribution in [0.4, 0.5) is 5.69 Å². The number of nitrogens with one attached hydrogen (secondary N) is 2. The van der Waals surface area contributed by atoms with Crippen molar-refractivity contribution in [1.82, 2.24) is 10.3 Å². The molecule has 0 atom stereocenters. The molecule has 5 rings (SSSR count). The van der Waals surface area contributed by atoms with Crippen molar-refractivity contribution in [2.24, 2.45) is 0 Å². The zero-order valence-electron chi connectivity index (χ0n) is 18.8. The van der Waals surface area contributed by atoms with Crippen LogP contribution >= 0.6 is 23.6 Å². The average Bonchev–Trinajstić information content (AvgIpc) is 3.34. The number of ether oxygens (including phenoxy) is 1. The van der Waals surface area contributed by atoms with Crippen LogP contribution in [0.5, 0.6) is 5.75 Å². The number of carbonyl (C=O) groups is 1. The van der Waals surface area contributed by atoms with Gasteiger partial charge in [0.15, 0.2) is 5.11 Å². The number of methoxy groups -OCH3 is 1. The van der Waals surface area contributed by atoms with Gasteiger partial charge in [-0.25, -0.2) is 4.98 Å². The highest BCUT2D eigenvalue weighted by Gasteiger charge is 2.13. The third kappa shape index (κ3) is 5.06. The minimum absolute atomic E-state index is 0.182. The number of para-hydroxylation sites is 1. The molecule has 1 aromatic heterocycles. The van der Waals surface area contributed by atoms with E-state index < -0.39 is 0 Å². The Bertz CT molecular complexity index is 1480. The van der Waals surface area contributed by atoms with Gasteiger partial charge in [-0.3, -0.25) is 10.1 Å². The molecule has 0 radical (unpaired) electrons. The second-order valence-corrected chi connectivity index (χ2v) is 9.19. The molecule has 2 N–H and O–H groups in total. The highest BCUT2D eigenvalue weighted by atomic mass is 32.1. The molecular weight excluding hydrogens is 474 g/mol. The van der Waals surface area contributed by atoms with Crippen molar-refractivity contribution in [3.05, 3.63) is 103 Å². The first-order valence-corrected chi connectivity index (χ1v) is 12.1. The molecule has 172 valence electrons. The van der Waals surface area contributed by atoms with E-state index in [1.54, 1.807) is 30.6 Å². The lowest BCUT2D eigenvalue weighted by atomic mass is 10.0. The Morgan fingerprint density at radius 3 is 2.29 bits per heavy atom. The van der Waals surface area contributed by atoms with Gasteiger partial charge in [-0.1, -0.05) is 54.6 Å². The Kier molecular flexibility index (Phi) is 6.52. The molecule has 5 nitrogen and oxygen atoms in total. The first-order chi connectivity index (χ1) is 17.1. The molecule has 0 saturated heterocycles. The second-order valence-electron chi connectivity index (χ2n) is 7.75. The van der Waals surface area contributed by atoms with E-state index in [4.69, 9.17) is 21.9 Å². The first kappa shape index (κ1) is 22.7. The van der Waals surface area contributed by atoms with Crippen molar-refractivity contribution in [3.8, 4) is 27.4 Å². The Morgan fingerprint density at radius 1 is 0.857 bits per heavy atom. The molecule has 0 fully saturated rings. The number of aromatic nitrogens is 1. The van der Waals surface area contributed by atoms with Gasteiger partial charge in [0.1, 0.15) is 10.8 Å². The summed E-state index contributed by atoms with van der Waals surface area (Å²) in [5.41, 5.74) is 5.19. The fourth-order valence-corrected chi connectivity index (χ4v) is 4.87. The van der Waals surface area contributed by atoms with Crippen LogP contribution in [0.25, 0.3) is 31.9 Å². The van der Waals surface area contributed by atoms with Crippen LogP contribution in [0.1, 0.15) is 10.4 Å². The highest BCUT2D eigenvalue weighted by molar-refractivity contribution is 7.80. The molecule has 0 saturated carbocycles. The summed E-state index contributed by atoms with van der Waals surface area (Å²) in [6.07, 6.45) is 0. The molecule has 0 aliphatic carbocycles. The van der Waals surface area contributed by atoms with Crippen molar-refractivity contribution >= 4 is 50.5 Å². The topological polar surface area (TPSA) is 63.2 Å². The molecular formula is C28H21N3O2S2. The lowest BCUT2D eigenvalue weighted by molar-refractivity contribution is 0.0977. The van der Waals surface area contributed by atoms with Crippen molar-refractivity contribution < 1.29 is 9.53 Å². The fourth-order valence-electron chi connectivity index (χ4n) is 3.71. The lowest BCUT2D eigenvalue weighted by Gasteiger charge is -2.14. The van der Waals surface area contributed by atoms with Crippen LogP contribution in [-0.2, 0) is 0 Å². The minimum atomic E-state index is -0.289. The molecule has 0 aliphatic heterocycles. The van der Waals surface area contributed by atoms with Crippen LogP contribution in [0.3, 0.4) is 0 Å². The smallest absolute Gasteiger partial charge is 0.257 e. The van der Waals surface area contributed by atoms with Gasteiger partial charge in [-0.2, -0.15) is 0 Å². The average molecular weight is 496 g/mol. The Labute approximate surface area is 212 Å². The third-order valence-electron chi connectivity index (χ3n) is 5.47. The molecule has 1 amide bonds. The number of nitrogens with zero attached hydrogens (tertiary/aromatic N) is 1. The third-order valence-corrected chi connectivity index (χ3v) is 6.76. The van der Waals surface area contributed by atoms with Crippen LogP contribution in [0.15, 0.2) is 97.1 Å². The monoisotopic (exact) mass is 495 g/mol. The molecule has 35 heavy (non-hydrogen) atoms. The number of anilines is 1. The van der Waals surface area contributed by atoms with E-state index >= 15 is 0 Å². The first-order valence-electron chi connectivity index (χ1n) is 10.9. The van der Waals surface area contributed by atoms with Crippen molar-refractivity contribution in [2.45, 2.75) is 0 Å². The maximum atomic E-state index is 12.8. The Balaban J connectivity index is 1.31. The molecule has 1 heterocycles. The maximum Gasteiger partial charge on any atom is 0.257 e. The van der Waals surface area contributed by atoms with Crippen molar-refractivity contribution in [2.75, 3.05) is 12.4 Å². The van der Waals surface area contributed by atoms with E-state index in [0.717, 1.165) is 31.9 Å². The quantitative estimate of drug-likeness (QED) is 0.264. The normalized spacial score (nSPS) is 10.7. The maximum absolute atomic E-state index is 12.8. The number of thiocarbonyl (C=S) groups is 1. The molecule has 0 bridgehead atoms. The van der Waals surface area contributed by atoms with E-state index in [2.05, 4.69) is 16.7 Å². The van der Waals surface area contributed by atoms with E-state index in [1.165, 1.54) is 0 Å². The zero-order valence-corrected chi connectivity index (χ0v) is 20.5. The second kappa shape index (κ2) is 10.0. The van der Waals surface area contributed by atoms with Gasteiger partial charge in [0.25, 0.3) is 5.91 Å². The number of hydrogen-bond donors (Lipinski definition) is 2. The summed E-state index contributed by atoms with van der Waals surface area (Å²) in [5.74, 6) is 0.321. The van der Waals surface area contributed by atoms with Crippen molar-refractivity contribution in [1.29, 1.82) is 0 Å². The van der Waals surface area contributed by atoms with Crippen LogP contribution in [0.2, 0.25) is 0 Å². The van der Waals surface area contributed by atoms with Gasteiger partial charge in [0.05, 0.1) is 23.0 Å². The standard InChI is InChI=1S/C28H21N3O2S2/c1-33-24-16-15-21(27-29-22-9-5-6-10-25(22)35-27)17-23(24)30-28(34)31-26(32)20-13-11-19(12-14-20)18-7-3-2-4-8-18/h2-17H,1H3,(H2,30,31,32,34). The summed E-state index contributed by atoms with van der Waals surface area (Å²) in [6, 6.07) is 31.2. The molecule has 0 aliphatic rings. The molecule has 0 unspecified atom stereocenters. The van der Waals surface area contributed by atoms with E-state index in [-0.39, 0.29) is 11.0 Å². The Morgan fingerprint density at radius 2 is 1.54 bits per heavy atom. The van der Waals surface area contributed by atoms with Crippen LogP contribution in [0, 0.1) is 0 Å². The molecule has 7 heteroatoms. The number of rotatable bonds is 5. The van der Waals surface area contributed by atoms with Crippen molar-refractivity contribution in [3.63, 3.8) is 0 Å². The predicted molar refractivity (Wildman–Crippen MR) is 147 cm³/mol. The lowest BCUT2D eigenvalue weighted by Crippen LogP contribution is -2.34. The SMILES string of the molecule is COc1ccc(-c2nc3ccccc3s2)cc1NC(=S)NC(=O)c1ccc(-c2ccccc2)cc1. The number of hydrogen-bond acceptors (Lipinski definition) is 5. The summed E-state index contributed by atoms with van der Waals surface area (Å²) in [4.78, 5) is 17.5. The summed E-state index contributed by atoms with van der Waals surface area (Å²) in [7, 11) is 1.59. The Hall–Kier alpha value is -4.07. The van der Waals surface area contributed by atoms with Gasteiger partial charge >= 0.3 is 0 Å². The highest BCUT2D eigenvalue weighted by Crippen LogP contribution is 2.34. The number of fused-ring (bicyclic) bond motifs is 1. The molecule has 4 aromatic carbocycles. The van der Waals surface area contributed by atoms with Gasteiger partial charge in [-0.15, -0.1) is 11.3 Å². The van der Waals surface area contributed by atoms with Crippen LogP contribution < -0.4 is 15.4 Å². The number of amides is 1. The van der Waals surface area contributed by atoms with E-state index in [1.807, 2.05) is 78.9 Å². The fraction of sp³-hybridized carbons (Fsp3) is 0.0357. The van der Waals surface area contributed by atoms with Crippen LogP contribution in [-0.4, -0.2) is 23.1 Å². The van der Waals surface area contributed by atoms with E-state index in [0.29, 0.717) is 17.0 Å². The van der Waals surface area contributed by atoms with Gasteiger partial charge in [-0.05, 0) is 65.8 Å². The predicted octanol–water partition coefficient (Wildman–Crippen LogP) is 6.77. The summed E-state index contributed by atoms with van der Waals surface area (Å²) >= 11 is 7.04.